The molecule has 0 unspecified atom stereocenters. The Bertz CT molecular complexity index is 640. The van der Waals surface area contributed by atoms with E-state index in [1.54, 1.807) is 4.90 Å². The van der Waals surface area contributed by atoms with E-state index < -0.39 is 26.9 Å². The number of benzene rings is 1. The minimum Gasteiger partial charge on any atom is -0.478 e. The predicted molar refractivity (Wildman–Crippen MR) is 69.2 cm³/mol. The summed E-state index contributed by atoms with van der Waals surface area (Å²) in [5.74, 6) is -2.05. The summed E-state index contributed by atoms with van der Waals surface area (Å²) in [7, 11) is -3.15. The number of carboxylic acids is 1. The first-order valence-corrected chi connectivity index (χ1v) is 7.69. The van der Waals surface area contributed by atoms with Gasteiger partial charge in [0.05, 0.1) is 21.5 Å². The predicted octanol–water partition coefficient (Wildman–Crippen LogP) is 1.41. The Morgan fingerprint density at radius 1 is 1.47 bits per heavy atom. The van der Waals surface area contributed by atoms with Crippen LogP contribution in [0.5, 0.6) is 0 Å². The van der Waals surface area contributed by atoms with E-state index in [9.17, 15) is 17.6 Å². The molecule has 0 atom stereocenters. The molecule has 1 fully saturated rings. The summed E-state index contributed by atoms with van der Waals surface area (Å²) < 4.78 is 35.9. The molecule has 0 radical (unpaired) electrons. The Hall–Kier alpha value is -1.34. The first-order chi connectivity index (χ1) is 8.70. The molecule has 1 aromatic rings. The van der Waals surface area contributed by atoms with Crippen molar-refractivity contribution in [2.24, 2.45) is 0 Å². The van der Waals surface area contributed by atoms with Crippen molar-refractivity contribution in [3.8, 4) is 0 Å². The van der Waals surface area contributed by atoms with Crippen molar-refractivity contribution >= 4 is 33.1 Å². The molecular weight excluding hydrogens is 297 g/mol. The number of aromatic carboxylic acids is 1. The van der Waals surface area contributed by atoms with Crippen LogP contribution in [0.2, 0.25) is 5.02 Å². The quantitative estimate of drug-likeness (QED) is 0.914. The maximum Gasteiger partial charge on any atom is 0.337 e. The summed E-state index contributed by atoms with van der Waals surface area (Å²) in [6.45, 7) is 0.363. The van der Waals surface area contributed by atoms with Gasteiger partial charge >= 0.3 is 5.97 Å². The molecule has 0 bridgehead atoms. The van der Waals surface area contributed by atoms with Crippen LogP contribution in [0.1, 0.15) is 10.4 Å². The van der Waals surface area contributed by atoms with Gasteiger partial charge in [0.15, 0.2) is 9.84 Å². The lowest BCUT2D eigenvalue weighted by molar-refractivity contribution is 0.0696. The van der Waals surface area contributed by atoms with Crippen LogP contribution < -0.4 is 4.90 Å². The van der Waals surface area contributed by atoms with E-state index in [1.807, 2.05) is 0 Å². The lowest BCUT2D eigenvalue weighted by Crippen LogP contribution is -2.54. The first-order valence-electron chi connectivity index (χ1n) is 5.36. The van der Waals surface area contributed by atoms with E-state index in [4.69, 9.17) is 16.7 Å². The molecule has 1 aliphatic rings. The van der Waals surface area contributed by atoms with Crippen LogP contribution >= 0.6 is 11.6 Å². The summed E-state index contributed by atoms with van der Waals surface area (Å²) in [6.07, 6.45) is 1.13. The van der Waals surface area contributed by atoms with Crippen molar-refractivity contribution in [3.05, 3.63) is 28.5 Å². The van der Waals surface area contributed by atoms with Gasteiger partial charge in [-0.25, -0.2) is 17.6 Å². The standard InChI is InChI=1S/C11H11ClFNO4S/c1-19(17,18)7-4-14(5-7)9-3-6(13)2-8(10(9)12)11(15)16/h2-3,7H,4-5H2,1H3,(H,15,16). The number of halogens is 2. The van der Waals surface area contributed by atoms with Crippen LogP contribution in [-0.2, 0) is 9.84 Å². The molecule has 1 aliphatic heterocycles. The highest BCUT2D eigenvalue weighted by Gasteiger charge is 2.36. The second-order valence-electron chi connectivity index (χ2n) is 4.45. The third-order valence-corrected chi connectivity index (χ3v) is 4.95. The van der Waals surface area contributed by atoms with E-state index in [0.29, 0.717) is 0 Å². The Morgan fingerprint density at radius 2 is 2.05 bits per heavy atom. The number of carboxylic acid groups (broad SMARTS) is 1. The maximum absolute atomic E-state index is 13.4. The molecule has 2 rings (SSSR count). The van der Waals surface area contributed by atoms with Gasteiger partial charge in [-0.05, 0) is 12.1 Å². The van der Waals surface area contributed by atoms with Gasteiger partial charge in [0.2, 0.25) is 0 Å². The second-order valence-corrected chi connectivity index (χ2v) is 7.15. The van der Waals surface area contributed by atoms with E-state index in [1.165, 1.54) is 0 Å². The number of hydrogen-bond acceptors (Lipinski definition) is 4. The highest BCUT2D eigenvalue weighted by Crippen LogP contribution is 2.34. The Morgan fingerprint density at radius 3 is 2.53 bits per heavy atom. The van der Waals surface area contributed by atoms with Gasteiger partial charge in [0, 0.05) is 19.3 Å². The van der Waals surface area contributed by atoms with Gasteiger partial charge in [0.1, 0.15) is 5.82 Å². The molecule has 8 heteroatoms. The van der Waals surface area contributed by atoms with E-state index in [2.05, 4.69) is 0 Å². The molecule has 19 heavy (non-hydrogen) atoms. The fourth-order valence-electron chi connectivity index (χ4n) is 1.87. The molecule has 1 saturated heterocycles. The minimum absolute atomic E-state index is 0.0825. The van der Waals surface area contributed by atoms with Gasteiger partial charge in [-0.15, -0.1) is 0 Å². The van der Waals surface area contributed by atoms with Gasteiger partial charge < -0.3 is 10.0 Å². The van der Waals surface area contributed by atoms with Crippen molar-refractivity contribution in [1.82, 2.24) is 0 Å². The lowest BCUT2D eigenvalue weighted by Gasteiger charge is -2.40. The van der Waals surface area contributed by atoms with E-state index >= 15 is 0 Å². The normalized spacial score (nSPS) is 16.3. The van der Waals surface area contributed by atoms with Crippen molar-refractivity contribution in [3.63, 3.8) is 0 Å². The van der Waals surface area contributed by atoms with Crippen LogP contribution in [-0.4, -0.2) is 44.1 Å². The number of anilines is 1. The number of hydrogen-bond donors (Lipinski definition) is 1. The van der Waals surface area contributed by atoms with Gasteiger partial charge in [-0.1, -0.05) is 11.6 Å². The maximum atomic E-state index is 13.4. The van der Waals surface area contributed by atoms with Crippen molar-refractivity contribution in [1.29, 1.82) is 0 Å². The molecule has 0 saturated carbocycles. The van der Waals surface area contributed by atoms with Crippen LogP contribution in [0.3, 0.4) is 0 Å². The molecule has 1 N–H and O–H groups in total. The number of nitrogens with zero attached hydrogens (tertiary/aromatic N) is 1. The monoisotopic (exact) mass is 307 g/mol. The third-order valence-electron chi connectivity index (χ3n) is 3.04. The number of rotatable bonds is 3. The largest absolute Gasteiger partial charge is 0.478 e. The summed E-state index contributed by atoms with van der Waals surface area (Å²) in [6, 6.07) is 1.94. The summed E-state index contributed by atoms with van der Waals surface area (Å²) in [5.41, 5.74) is -0.126. The SMILES string of the molecule is CS(=O)(=O)C1CN(c2cc(F)cc(C(=O)O)c2Cl)C1. The zero-order valence-corrected chi connectivity index (χ0v) is 11.5. The highest BCUT2D eigenvalue weighted by atomic mass is 35.5. The van der Waals surface area contributed by atoms with Crippen LogP contribution in [0, 0.1) is 5.82 Å². The lowest BCUT2D eigenvalue weighted by atomic mass is 10.1. The van der Waals surface area contributed by atoms with Crippen LogP contribution in [0.4, 0.5) is 10.1 Å². The zero-order chi connectivity index (χ0) is 14.4. The van der Waals surface area contributed by atoms with Gasteiger partial charge in [-0.2, -0.15) is 0 Å². The molecule has 0 spiro atoms. The molecule has 1 aromatic carbocycles. The van der Waals surface area contributed by atoms with E-state index in [-0.39, 0.29) is 29.4 Å². The topological polar surface area (TPSA) is 74.7 Å². The van der Waals surface area contributed by atoms with Crippen molar-refractivity contribution in [2.45, 2.75) is 5.25 Å². The molecule has 5 nitrogen and oxygen atoms in total. The molecule has 0 aliphatic carbocycles. The Kier molecular flexibility index (Phi) is 3.44. The third kappa shape index (κ3) is 2.66. The minimum atomic E-state index is -3.15. The Labute approximate surface area is 114 Å². The van der Waals surface area contributed by atoms with Crippen LogP contribution in [0.15, 0.2) is 12.1 Å². The average molecular weight is 308 g/mol. The molecule has 104 valence electrons. The molecule has 0 aromatic heterocycles. The molecular formula is C11H11ClFNO4S. The molecule has 1 heterocycles. The highest BCUT2D eigenvalue weighted by molar-refractivity contribution is 7.91. The summed E-state index contributed by atoms with van der Waals surface area (Å²) in [4.78, 5) is 12.5. The Balaban J connectivity index is 2.31. The second kappa shape index (κ2) is 4.64. The number of sulfone groups is 1. The summed E-state index contributed by atoms with van der Waals surface area (Å²) in [5, 5.41) is 8.29. The van der Waals surface area contributed by atoms with Crippen molar-refractivity contribution < 1.29 is 22.7 Å². The van der Waals surface area contributed by atoms with E-state index in [0.717, 1.165) is 18.4 Å². The first kappa shape index (κ1) is 14.1. The zero-order valence-electron chi connectivity index (χ0n) is 9.93. The summed E-state index contributed by atoms with van der Waals surface area (Å²) >= 11 is 5.91. The fourth-order valence-corrected chi connectivity index (χ4v) is 3.08. The fraction of sp³-hybridized carbons (Fsp3) is 0.364. The smallest absolute Gasteiger partial charge is 0.337 e. The molecule has 0 amide bonds. The number of carbonyl (C=O) groups is 1. The average Bonchev–Trinajstić information content (AvgIpc) is 2.17. The van der Waals surface area contributed by atoms with Gasteiger partial charge in [0.25, 0.3) is 0 Å². The van der Waals surface area contributed by atoms with Gasteiger partial charge in [-0.3, -0.25) is 0 Å². The van der Waals surface area contributed by atoms with Crippen LogP contribution in [0.25, 0.3) is 0 Å². The van der Waals surface area contributed by atoms with Crippen molar-refractivity contribution in [2.75, 3.05) is 24.2 Å².